The zero-order chi connectivity index (χ0) is 7.02. The minimum atomic E-state index is -0.802. The second kappa shape index (κ2) is 2.10. The van der Waals surface area contributed by atoms with E-state index < -0.39 is 10.8 Å². The summed E-state index contributed by atoms with van der Waals surface area (Å²) < 4.78 is 11.1. The third-order valence-electron chi connectivity index (χ3n) is 1.55. The summed E-state index contributed by atoms with van der Waals surface area (Å²) in [5, 5.41) is 0. The van der Waals surface area contributed by atoms with Gasteiger partial charge in [-0.05, 0) is 32.4 Å². The minimum Gasteiger partial charge on any atom is -0.250 e. The van der Waals surface area contributed by atoms with Crippen LogP contribution in [-0.2, 0) is 10.8 Å². The largest absolute Gasteiger partial charge is 0.250 e. The van der Waals surface area contributed by atoms with Crippen LogP contribution in [0.25, 0.3) is 0 Å². The van der Waals surface area contributed by atoms with Crippen molar-refractivity contribution in [3.63, 3.8) is 0 Å². The quantitative estimate of drug-likeness (QED) is 0.505. The van der Waals surface area contributed by atoms with Crippen molar-refractivity contribution >= 4 is 10.8 Å². The Hall–Kier alpha value is -0.370. The summed E-state index contributed by atoms with van der Waals surface area (Å²) in [6.07, 6.45) is 1.98. The fourth-order valence-corrected chi connectivity index (χ4v) is 1.97. The Bertz CT molecular complexity index is 223. The van der Waals surface area contributed by atoms with Crippen LogP contribution < -0.4 is 0 Å². The van der Waals surface area contributed by atoms with Crippen LogP contribution in [-0.4, -0.2) is 4.21 Å². The van der Waals surface area contributed by atoms with Crippen LogP contribution in [0.1, 0.15) is 20.8 Å². The highest BCUT2D eigenvalue weighted by molar-refractivity contribution is 7.93. The monoisotopic (exact) mass is 142 g/mol. The highest BCUT2D eigenvalue weighted by Gasteiger charge is 2.13. The molecule has 0 aromatic heterocycles. The van der Waals surface area contributed by atoms with Crippen molar-refractivity contribution in [1.29, 1.82) is 0 Å². The van der Waals surface area contributed by atoms with Gasteiger partial charge in [-0.3, -0.25) is 0 Å². The minimum absolute atomic E-state index is 0.802. The molecule has 1 rings (SSSR count). The lowest BCUT2D eigenvalue weighted by atomic mass is 10.3. The van der Waals surface area contributed by atoms with Gasteiger partial charge in [-0.15, -0.1) is 0 Å². The molecule has 0 saturated carbocycles. The first-order valence-electron chi connectivity index (χ1n) is 2.90. The van der Waals surface area contributed by atoms with Crippen molar-refractivity contribution < 1.29 is 4.21 Å². The highest BCUT2D eigenvalue weighted by atomic mass is 32.2. The molecule has 1 unspecified atom stereocenters. The van der Waals surface area contributed by atoms with E-state index in [1.54, 1.807) is 0 Å². The molecule has 50 valence electrons. The van der Waals surface area contributed by atoms with Gasteiger partial charge in [0.05, 0.1) is 10.8 Å². The van der Waals surface area contributed by atoms with E-state index in [9.17, 15) is 4.21 Å². The molecule has 0 N–H and O–H groups in total. The van der Waals surface area contributed by atoms with E-state index in [4.69, 9.17) is 0 Å². The first-order valence-corrected chi connectivity index (χ1v) is 4.05. The summed E-state index contributed by atoms with van der Waals surface area (Å²) >= 11 is 0. The van der Waals surface area contributed by atoms with Crippen molar-refractivity contribution in [2.75, 3.05) is 0 Å². The van der Waals surface area contributed by atoms with Crippen LogP contribution in [0.5, 0.6) is 0 Å². The SMILES string of the molecule is CC1=CC(C)=C(C)S1=O. The van der Waals surface area contributed by atoms with Crippen LogP contribution in [0.3, 0.4) is 0 Å². The van der Waals surface area contributed by atoms with Gasteiger partial charge in [0.25, 0.3) is 0 Å². The molecule has 1 nitrogen and oxygen atoms in total. The molecular formula is C7H10OS. The van der Waals surface area contributed by atoms with E-state index in [0.29, 0.717) is 0 Å². The van der Waals surface area contributed by atoms with Gasteiger partial charge in [0.1, 0.15) is 0 Å². The average Bonchev–Trinajstić information content (AvgIpc) is 1.98. The second-order valence-corrected chi connectivity index (χ2v) is 4.06. The maximum Gasteiger partial charge on any atom is 0.0764 e. The lowest BCUT2D eigenvalue weighted by molar-refractivity contribution is 0.690. The van der Waals surface area contributed by atoms with Crippen LogP contribution in [0.4, 0.5) is 0 Å². The topological polar surface area (TPSA) is 17.1 Å². The Morgan fingerprint density at radius 2 is 1.89 bits per heavy atom. The van der Waals surface area contributed by atoms with Crippen molar-refractivity contribution in [2.24, 2.45) is 0 Å². The first kappa shape index (κ1) is 6.75. The molecule has 0 spiro atoms. The molecule has 1 atom stereocenters. The highest BCUT2D eigenvalue weighted by Crippen LogP contribution is 2.24. The van der Waals surface area contributed by atoms with E-state index in [2.05, 4.69) is 0 Å². The molecule has 0 aliphatic carbocycles. The van der Waals surface area contributed by atoms with E-state index >= 15 is 0 Å². The molecule has 0 amide bonds. The number of hydrogen-bond acceptors (Lipinski definition) is 1. The fraction of sp³-hybridized carbons (Fsp3) is 0.429. The zero-order valence-corrected chi connectivity index (χ0v) is 6.71. The summed E-state index contributed by atoms with van der Waals surface area (Å²) in [7, 11) is -0.802. The molecular weight excluding hydrogens is 132 g/mol. The maximum atomic E-state index is 11.1. The van der Waals surface area contributed by atoms with Crippen molar-refractivity contribution in [3.05, 3.63) is 21.5 Å². The molecule has 0 radical (unpaired) electrons. The van der Waals surface area contributed by atoms with Gasteiger partial charge < -0.3 is 0 Å². The smallest absolute Gasteiger partial charge is 0.0764 e. The van der Waals surface area contributed by atoms with Crippen molar-refractivity contribution in [1.82, 2.24) is 0 Å². The van der Waals surface area contributed by atoms with Gasteiger partial charge in [-0.1, -0.05) is 0 Å². The lowest BCUT2D eigenvalue weighted by Crippen LogP contribution is -1.85. The van der Waals surface area contributed by atoms with Gasteiger partial charge in [-0.2, -0.15) is 0 Å². The predicted molar refractivity (Wildman–Crippen MR) is 40.3 cm³/mol. The van der Waals surface area contributed by atoms with E-state index in [1.165, 1.54) is 0 Å². The molecule has 1 heterocycles. The Balaban J connectivity index is 3.06. The number of allylic oxidation sites excluding steroid dienone is 4. The summed E-state index contributed by atoms with van der Waals surface area (Å²) in [4.78, 5) is 1.98. The van der Waals surface area contributed by atoms with Crippen LogP contribution in [0.15, 0.2) is 21.5 Å². The Morgan fingerprint density at radius 1 is 1.33 bits per heavy atom. The molecule has 0 saturated heterocycles. The third kappa shape index (κ3) is 0.990. The molecule has 0 aromatic carbocycles. The maximum absolute atomic E-state index is 11.1. The predicted octanol–water partition coefficient (Wildman–Crippen LogP) is 1.95. The third-order valence-corrected chi connectivity index (χ3v) is 3.13. The van der Waals surface area contributed by atoms with Crippen molar-refractivity contribution in [3.8, 4) is 0 Å². The normalized spacial score (nSPS) is 27.0. The van der Waals surface area contributed by atoms with E-state index in [0.717, 1.165) is 15.4 Å². The number of rotatable bonds is 0. The molecule has 1 aliphatic rings. The fourth-order valence-electron chi connectivity index (χ4n) is 0.848. The van der Waals surface area contributed by atoms with Gasteiger partial charge in [0, 0.05) is 9.81 Å². The van der Waals surface area contributed by atoms with Gasteiger partial charge >= 0.3 is 0 Å². The Morgan fingerprint density at radius 3 is 2.00 bits per heavy atom. The zero-order valence-electron chi connectivity index (χ0n) is 5.89. The summed E-state index contributed by atoms with van der Waals surface area (Å²) in [5.41, 5.74) is 1.16. The Labute approximate surface area is 57.9 Å². The Kier molecular flexibility index (Phi) is 1.58. The summed E-state index contributed by atoms with van der Waals surface area (Å²) in [6, 6.07) is 0. The van der Waals surface area contributed by atoms with Crippen LogP contribution in [0, 0.1) is 0 Å². The van der Waals surface area contributed by atoms with Gasteiger partial charge in [0.2, 0.25) is 0 Å². The molecule has 1 aliphatic heterocycles. The molecule has 0 fully saturated rings. The molecule has 0 aromatic rings. The summed E-state index contributed by atoms with van der Waals surface area (Å²) in [5.74, 6) is 0. The van der Waals surface area contributed by atoms with Gasteiger partial charge in [0.15, 0.2) is 0 Å². The molecule has 2 heteroatoms. The number of hydrogen-bond donors (Lipinski definition) is 0. The summed E-state index contributed by atoms with van der Waals surface area (Å²) in [6.45, 7) is 5.80. The molecule has 9 heavy (non-hydrogen) atoms. The van der Waals surface area contributed by atoms with E-state index in [-0.39, 0.29) is 0 Å². The first-order chi connectivity index (χ1) is 4.13. The van der Waals surface area contributed by atoms with Crippen LogP contribution >= 0.6 is 0 Å². The standard InChI is InChI=1S/C7H10OS/c1-5-4-6(2)9(8)7(5)3/h4H,1-3H3. The van der Waals surface area contributed by atoms with Crippen LogP contribution in [0.2, 0.25) is 0 Å². The average molecular weight is 142 g/mol. The molecule has 0 bridgehead atoms. The lowest BCUT2D eigenvalue weighted by Gasteiger charge is -1.91. The van der Waals surface area contributed by atoms with Crippen molar-refractivity contribution in [2.45, 2.75) is 20.8 Å². The van der Waals surface area contributed by atoms with Gasteiger partial charge in [-0.25, -0.2) is 4.21 Å². The second-order valence-electron chi connectivity index (χ2n) is 2.26. The van der Waals surface area contributed by atoms with E-state index in [1.807, 2.05) is 26.8 Å².